The van der Waals surface area contributed by atoms with Crippen LogP contribution in [0.15, 0.2) is 23.2 Å². The van der Waals surface area contributed by atoms with E-state index in [0.29, 0.717) is 13.1 Å². The van der Waals surface area contributed by atoms with Gasteiger partial charge in [0.15, 0.2) is 5.96 Å². The summed E-state index contributed by atoms with van der Waals surface area (Å²) in [6.45, 7) is 4.88. The largest absolute Gasteiger partial charge is 0.365 e. The fourth-order valence-electron chi connectivity index (χ4n) is 3.15. The molecular weight excluding hydrogens is 437 g/mol. The third-order valence-corrected chi connectivity index (χ3v) is 4.63. The van der Waals surface area contributed by atoms with E-state index in [1.54, 1.807) is 4.90 Å². The Labute approximate surface area is 165 Å². The van der Waals surface area contributed by atoms with Crippen molar-refractivity contribution in [2.75, 3.05) is 31.1 Å². The lowest BCUT2D eigenvalue weighted by Crippen LogP contribution is -2.44. The Balaban J connectivity index is 0.00000225. The van der Waals surface area contributed by atoms with Crippen molar-refractivity contribution in [2.45, 2.75) is 38.6 Å². The quantitative estimate of drug-likeness (QED) is 0.385. The number of guanidine groups is 1. The van der Waals surface area contributed by atoms with Crippen LogP contribution < -0.4 is 15.5 Å². The molecule has 4 nitrogen and oxygen atoms in total. The van der Waals surface area contributed by atoms with E-state index in [1.165, 1.54) is 31.0 Å². The van der Waals surface area contributed by atoms with E-state index < -0.39 is 11.6 Å². The minimum absolute atomic E-state index is 0. The van der Waals surface area contributed by atoms with Gasteiger partial charge in [0.05, 0.1) is 0 Å². The first kappa shape index (κ1) is 20.2. The van der Waals surface area contributed by atoms with Gasteiger partial charge in [-0.15, -0.1) is 24.0 Å². The second kappa shape index (κ2) is 9.54. The van der Waals surface area contributed by atoms with Crippen molar-refractivity contribution in [1.82, 2.24) is 10.6 Å². The zero-order valence-electron chi connectivity index (χ0n) is 14.6. The number of aliphatic imine (C=N–C) groups is 1. The van der Waals surface area contributed by atoms with Gasteiger partial charge in [0, 0.05) is 32.2 Å². The summed E-state index contributed by atoms with van der Waals surface area (Å²) in [5, 5.41) is 6.66. The Morgan fingerprint density at radius 3 is 2.60 bits per heavy atom. The number of para-hydroxylation sites is 1. The average Bonchev–Trinajstić information content (AvgIpc) is 3.26. The van der Waals surface area contributed by atoms with Gasteiger partial charge in [-0.2, -0.15) is 0 Å². The molecule has 0 radical (unpaired) electrons. The van der Waals surface area contributed by atoms with Gasteiger partial charge in [0.1, 0.15) is 17.3 Å². The van der Waals surface area contributed by atoms with Gasteiger partial charge < -0.3 is 15.5 Å². The number of benzene rings is 1. The van der Waals surface area contributed by atoms with Gasteiger partial charge in [-0.25, -0.2) is 8.78 Å². The van der Waals surface area contributed by atoms with Gasteiger partial charge in [0.2, 0.25) is 0 Å². The summed E-state index contributed by atoms with van der Waals surface area (Å²) in [4.78, 5) is 6.39. The molecule has 1 aromatic rings. The smallest absolute Gasteiger partial charge is 0.191 e. The Morgan fingerprint density at radius 1 is 1.24 bits per heavy atom. The lowest BCUT2D eigenvalue weighted by atomic mass is 10.2. The van der Waals surface area contributed by atoms with Crippen LogP contribution in [0.2, 0.25) is 0 Å². The van der Waals surface area contributed by atoms with Gasteiger partial charge >= 0.3 is 0 Å². The van der Waals surface area contributed by atoms with Crippen molar-refractivity contribution >= 4 is 35.6 Å². The highest BCUT2D eigenvalue weighted by molar-refractivity contribution is 14.0. The second-order valence-electron chi connectivity index (χ2n) is 6.64. The SMILES string of the molecule is CCNC(=NCCC1CC1)NC1CCN(c2c(F)cccc2F)C1.I. The molecule has 1 aliphatic heterocycles. The van der Waals surface area contributed by atoms with Crippen LogP contribution in [0.3, 0.4) is 0 Å². The molecule has 1 atom stereocenters. The summed E-state index contributed by atoms with van der Waals surface area (Å²) in [5.74, 6) is 0.669. The fourth-order valence-corrected chi connectivity index (χ4v) is 3.15. The molecule has 140 valence electrons. The summed E-state index contributed by atoms with van der Waals surface area (Å²) in [5.41, 5.74) is 0.0810. The molecule has 1 aliphatic carbocycles. The maximum absolute atomic E-state index is 13.9. The van der Waals surface area contributed by atoms with Crippen molar-refractivity contribution in [3.05, 3.63) is 29.8 Å². The van der Waals surface area contributed by atoms with E-state index in [4.69, 9.17) is 0 Å². The molecule has 1 aromatic carbocycles. The highest BCUT2D eigenvalue weighted by Gasteiger charge is 2.27. The molecule has 3 rings (SSSR count). The maximum Gasteiger partial charge on any atom is 0.191 e. The molecule has 0 spiro atoms. The zero-order chi connectivity index (χ0) is 16.9. The number of anilines is 1. The molecule has 7 heteroatoms. The predicted molar refractivity (Wildman–Crippen MR) is 109 cm³/mol. The summed E-state index contributed by atoms with van der Waals surface area (Å²) < 4.78 is 27.8. The van der Waals surface area contributed by atoms with Crippen molar-refractivity contribution < 1.29 is 8.78 Å². The third-order valence-electron chi connectivity index (χ3n) is 4.63. The minimum Gasteiger partial charge on any atom is -0.365 e. The number of nitrogens with one attached hydrogen (secondary N) is 2. The van der Waals surface area contributed by atoms with E-state index in [1.807, 2.05) is 6.92 Å². The summed E-state index contributed by atoms with van der Waals surface area (Å²) >= 11 is 0. The molecule has 2 aliphatic rings. The van der Waals surface area contributed by atoms with Crippen molar-refractivity contribution in [1.29, 1.82) is 0 Å². The molecule has 1 unspecified atom stereocenters. The van der Waals surface area contributed by atoms with E-state index in [2.05, 4.69) is 15.6 Å². The highest BCUT2D eigenvalue weighted by atomic mass is 127. The molecule has 1 heterocycles. The Bertz CT molecular complexity index is 572. The first-order valence-corrected chi connectivity index (χ1v) is 8.91. The number of hydrogen-bond acceptors (Lipinski definition) is 2. The minimum atomic E-state index is -0.499. The van der Waals surface area contributed by atoms with E-state index in [0.717, 1.165) is 37.8 Å². The van der Waals surface area contributed by atoms with Crippen molar-refractivity contribution in [3.8, 4) is 0 Å². The fraction of sp³-hybridized carbons (Fsp3) is 0.611. The number of hydrogen-bond donors (Lipinski definition) is 2. The van der Waals surface area contributed by atoms with Crippen LogP contribution >= 0.6 is 24.0 Å². The Hall–Kier alpha value is -1.12. The molecule has 2 N–H and O–H groups in total. The molecule has 0 amide bonds. The van der Waals surface area contributed by atoms with E-state index in [-0.39, 0.29) is 35.7 Å². The lowest BCUT2D eigenvalue weighted by molar-refractivity contribution is 0.576. The monoisotopic (exact) mass is 464 g/mol. The third kappa shape index (κ3) is 5.69. The highest BCUT2D eigenvalue weighted by Crippen LogP contribution is 2.32. The molecule has 0 aromatic heterocycles. The first-order valence-electron chi connectivity index (χ1n) is 8.91. The van der Waals surface area contributed by atoms with Crippen LogP contribution in [0.4, 0.5) is 14.5 Å². The van der Waals surface area contributed by atoms with Gasteiger partial charge in [-0.3, -0.25) is 4.99 Å². The lowest BCUT2D eigenvalue weighted by Gasteiger charge is -2.21. The van der Waals surface area contributed by atoms with Crippen molar-refractivity contribution in [3.63, 3.8) is 0 Å². The molecule has 0 bridgehead atoms. The van der Waals surface area contributed by atoms with E-state index in [9.17, 15) is 8.78 Å². The molecule has 25 heavy (non-hydrogen) atoms. The van der Waals surface area contributed by atoms with Gasteiger partial charge in [-0.05, 0) is 37.8 Å². The van der Waals surface area contributed by atoms with Crippen LogP contribution in [0.25, 0.3) is 0 Å². The topological polar surface area (TPSA) is 39.7 Å². The summed E-state index contributed by atoms with van der Waals surface area (Å²) in [6.07, 6.45) is 4.66. The van der Waals surface area contributed by atoms with E-state index >= 15 is 0 Å². The van der Waals surface area contributed by atoms with Crippen molar-refractivity contribution in [2.24, 2.45) is 10.9 Å². The van der Waals surface area contributed by atoms with Gasteiger partial charge in [-0.1, -0.05) is 18.9 Å². The normalized spacial score (nSPS) is 20.4. The Kier molecular flexibility index (Phi) is 7.71. The van der Waals surface area contributed by atoms with Crippen LogP contribution in [-0.4, -0.2) is 38.2 Å². The van der Waals surface area contributed by atoms with Crippen LogP contribution in [0.5, 0.6) is 0 Å². The average molecular weight is 464 g/mol. The predicted octanol–water partition coefficient (Wildman–Crippen LogP) is 3.52. The Morgan fingerprint density at radius 2 is 1.96 bits per heavy atom. The van der Waals surface area contributed by atoms with Gasteiger partial charge in [0.25, 0.3) is 0 Å². The van der Waals surface area contributed by atoms with Crippen LogP contribution in [0, 0.1) is 17.6 Å². The summed E-state index contributed by atoms with van der Waals surface area (Å²) in [6, 6.07) is 4.16. The maximum atomic E-state index is 13.9. The number of halogens is 3. The molecule has 2 fully saturated rings. The van der Waals surface area contributed by atoms with Crippen LogP contribution in [0.1, 0.15) is 32.6 Å². The standard InChI is InChI=1S/C18H26F2N4.HI/c1-2-21-18(22-10-8-13-6-7-13)23-14-9-11-24(12-14)17-15(19)4-3-5-16(17)20;/h3-5,13-14H,2,6-12H2,1H3,(H2,21,22,23);1H. The summed E-state index contributed by atoms with van der Waals surface area (Å²) in [7, 11) is 0. The number of rotatable bonds is 6. The molecule has 1 saturated carbocycles. The van der Waals surface area contributed by atoms with Crippen LogP contribution in [-0.2, 0) is 0 Å². The molecular formula is C18H27F2IN4. The first-order chi connectivity index (χ1) is 11.7. The second-order valence-corrected chi connectivity index (χ2v) is 6.64. The zero-order valence-corrected chi connectivity index (χ0v) is 16.9. The number of nitrogens with zero attached hydrogens (tertiary/aromatic N) is 2. The molecule has 1 saturated heterocycles.